The summed E-state index contributed by atoms with van der Waals surface area (Å²) >= 11 is 1.40. The molecule has 8 heteroatoms. The van der Waals surface area contributed by atoms with Crippen LogP contribution in [0.4, 0.5) is 0 Å². The van der Waals surface area contributed by atoms with Gasteiger partial charge in [0.25, 0.3) is 5.91 Å². The average molecular weight is 464 g/mol. The summed E-state index contributed by atoms with van der Waals surface area (Å²) < 4.78 is 7.48. The molecule has 1 amide bonds. The number of aromatic nitrogens is 1. The van der Waals surface area contributed by atoms with Gasteiger partial charge in [0.05, 0.1) is 12.7 Å². The van der Waals surface area contributed by atoms with Gasteiger partial charge in [0.15, 0.2) is 5.84 Å². The number of carbonyl (C=O) groups excluding carboxylic acids is 1. The van der Waals surface area contributed by atoms with Crippen LogP contribution >= 0.6 is 11.8 Å². The van der Waals surface area contributed by atoms with Gasteiger partial charge >= 0.3 is 0 Å². The number of unbranched alkanes of at least 4 members (excludes halogenated alkanes) is 3. The number of hydrogen-bond donors (Lipinski definition) is 1. The molecule has 7 nitrogen and oxygen atoms in total. The van der Waals surface area contributed by atoms with Crippen molar-refractivity contribution in [3.05, 3.63) is 52.9 Å². The van der Waals surface area contributed by atoms with Crippen LogP contribution in [0.5, 0.6) is 5.75 Å². The molecule has 0 radical (unpaired) electrons. The van der Waals surface area contributed by atoms with Crippen molar-refractivity contribution in [1.82, 2.24) is 9.58 Å². The van der Waals surface area contributed by atoms with Crippen molar-refractivity contribution in [2.24, 2.45) is 10.1 Å². The Morgan fingerprint density at radius 2 is 2.00 bits per heavy atom. The summed E-state index contributed by atoms with van der Waals surface area (Å²) in [6, 6.07) is 9.86. The zero-order chi connectivity index (χ0) is 23.5. The van der Waals surface area contributed by atoms with Gasteiger partial charge in [-0.25, -0.2) is 0 Å². The van der Waals surface area contributed by atoms with Crippen LogP contribution in [0.1, 0.15) is 56.0 Å². The van der Waals surface area contributed by atoms with E-state index in [1.54, 1.807) is 13.2 Å². The van der Waals surface area contributed by atoms with Crippen LogP contribution < -0.4 is 4.74 Å². The Labute approximate surface area is 198 Å². The van der Waals surface area contributed by atoms with Crippen molar-refractivity contribution in [3.63, 3.8) is 0 Å². The number of aryl methyl sites for hydroxylation is 1. The first-order valence-electron chi connectivity index (χ1n) is 11.3. The summed E-state index contributed by atoms with van der Waals surface area (Å²) in [4.78, 5) is 17.0. The molecule has 0 saturated carbocycles. The number of hydrazone groups is 1. The molecule has 1 aromatic heterocycles. The minimum absolute atomic E-state index is 0.0761. The van der Waals surface area contributed by atoms with Crippen molar-refractivity contribution < 1.29 is 9.53 Å². The topological polar surface area (TPSA) is 83.0 Å². The van der Waals surface area contributed by atoms with Gasteiger partial charge in [-0.05, 0) is 68.3 Å². The fourth-order valence-corrected chi connectivity index (χ4v) is 5.00. The van der Waals surface area contributed by atoms with Gasteiger partial charge in [-0.3, -0.25) is 10.2 Å². The van der Waals surface area contributed by atoms with Crippen molar-refractivity contribution in [3.8, 4) is 11.4 Å². The monoisotopic (exact) mass is 463 g/mol. The maximum atomic E-state index is 12.8. The SMILES string of the molecule is CCCCCCC1=NN2C(=N)C(=Cc3cc(C)n(-c4cccc(OC)c4)c3C)C(=O)N=C2S1. The minimum Gasteiger partial charge on any atom is -0.497 e. The fourth-order valence-electron chi connectivity index (χ4n) is 4.07. The lowest BCUT2D eigenvalue weighted by Crippen LogP contribution is -2.35. The molecule has 0 unspecified atom stereocenters. The van der Waals surface area contributed by atoms with Gasteiger partial charge < -0.3 is 9.30 Å². The molecule has 0 atom stereocenters. The van der Waals surface area contributed by atoms with Crippen molar-refractivity contribution in [1.29, 1.82) is 5.41 Å². The number of ether oxygens (including phenoxy) is 1. The lowest BCUT2D eigenvalue weighted by Gasteiger charge is -2.20. The Morgan fingerprint density at radius 1 is 1.18 bits per heavy atom. The van der Waals surface area contributed by atoms with E-state index >= 15 is 0 Å². The molecule has 2 aliphatic rings. The smallest absolute Gasteiger partial charge is 0.283 e. The molecule has 172 valence electrons. The lowest BCUT2D eigenvalue weighted by molar-refractivity contribution is -0.114. The number of nitrogens with one attached hydrogen (secondary N) is 1. The Hall–Kier alpha value is -3.13. The number of aliphatic imine (C=N–C) groups is 1. The average Bonchev–Trinajstić information content (AvgIpc) is 3.34. The Bertz CT molecular complexity index is 1190. The maximum absolute atomic E-state index is 12.8. The van der Waals surface area contributed by atoms with E-state index in [9.17, 15) is 4.79 Å². The molecular formula is C25H29N5O2S. The van der Waals surface area contributed by atoms with E-state index in [0.717, 1.165) is 52.7 Å². The van der Waals surface area contributed by atoms with E-state index in [0.29, 0.717) is 5.17 Å². The van der Waals surface area contributed by atoms with Crippen molar-refractivity contribution >= 4 is 39.8 Å². The molecule has 0 aliphatic carbocycles. The number of methoxy groups -OCH3 is 1. The quantitative estimate of drug-likeness (QED) is 0.402. The van der Waals surface area contributed by atoms with E-state index in [2.05, 4.69) is 21.6 Å². The predicted molar refractivity (Wildman–Crippen MR) is 136 cm³/mol. The fraction of sp³-hybridized carbons (Fsp3) is 0.360. The van der Waals surface area contributed by atoms with Gasteiger partial charge in [-0.1, -0.05) is 32.3 Å². The van der Waals surface area contributed by atoms with Crippen LogP contribution in [-0.4, -0.2) is 38.6 Å². The number of carbonyl (C=O) groups is 1. The summed E-state index contributed by atoms with van der Waals surface area (Å²) in [7, 11) is 1.65. The largest absolute Gasteiger partial charge is 0.497 e. The number of nitrogens with zero attached hydrogens (tertiary/aromatic N) is 4. The molecule has 0 saturated heterocycles. The molecule has 0 fully saturated rings. The molecule has 3 heterocycles. The number of fused-ring (bicyclic) bond motifs is 1. The third-order valence-corrected chi connectivity index (χ3v) is 6.79. The number of hydrogen-bond acceptors (Lipinski definition) is 5. The zero-order valence-electron chi connectivity index (χ0n) is 19.5. The molecule has 0 spiro atoms. The summed E-state index contributed by atoms with van der Waals surface area (Å²) in [6.07, 6.45) is 7.21. The number of thioether (sulfide) groups is 1. The summed E-state index contributed by atoms with van der Waals surface area (Å²) in [5.74, 6) is 0.459. The molecule has 1 aromatic carbocycles. The van der Waals surface area contributed by atoms with Crippen LogP contribution in [0.2, 0.25) is 0 Å². The van der Waals surface area contributed by atoms with E-state index in [-0.39, 0.29) is 11.4 Å². The van der Waals surface area contributed by atoms with Gasteiger partial charge in [0, 0.05) is 23.1 Å². The maximum Gasteiger partial charge on any atom is 0.283 e. The van der Waals surface area contributed by atoms with Crippen molar-refractivity contribution in [2.45, 2.75) is 52.9 Å². The standard InChI is InChI=1S/C25H29N5O2S/c1-5-6-7-8-12-22-28-30-23(26)21(24(31)27-25(30)33-22)14-18-13-16(2)29(17(18)3)19-10-9-11-20(15-19)32-4/h9-11,13-15,26H,5-8,12H2,1-4H3. The molecule has 33 heavy (non-hydrogen) atoms. The zero-order valence-corrected chi connectivity index (χ0v) is 20.3. The second kappa shape index (κ2) is 9.79. The van der Waals surface area contributed by atoms with Crippen LogP contribution in [0.3, 0.4) is 0 Å². The molecular weight excluding hydrogens is 434 g/mol. The predicted octanol–water partition coefficient (Wildman–Crippen LogP) is 5.69. The lowest BCUT2D eigenvalue weighted by atomic mass is 10.1. The highest BCUT2D eigenvalue weighted by atomic mass is 32.2. The third kappa shape index (κ3) is 4.66. The van der Waals surface area contributed by atoms with Crippen LogP contribution in [0.15, 0.2) is 46.0 Å². The van der Waals surface area contributed by atoms with Gasteiger partial charge in [-0.15, -0.1) is 0 Å². The number of amides is 1. The molecule has 2 aliphatic heterocycles. The number of benzene rings is 1. The molecule has 2 aromatic rings. The Kier molecular flexibility index (Phi) is 6.83. The van der Waals surface area contributed by atoms with Gasteiger partial charge in [0.2, 0.25) is 5.17 Å². The Morgan fingerprint density at radius 3 is 2.76 bits per heavy atom. The first kappa shape index (κ1) is 23.0. The third-order valence-electron chi connectivity index (χ3n) is 5.82. The molecule has 0 bridgehead atoms. The molecule has 1 N–H and O–H groups in total. The Balaban J connectivity index is 1.61. The van der Waals surface area contributed by atoms with Gasteiger partial charge in [0.1, 0.15) is 10.8 Å². The van der Waals surface area contributed by atoms with Crippen LogP contribution in [0, 0.1) is 19.3 Å². The molecule has 4 rings (SSSR count). The highest BCUT2D eigenvalue weighted by molar-refractivity contribution is 8.26. The second-order valence-corrected chi connectivity index (χ2v) is 9.23. The van der Waals surface area contributed by atoms with Crippen LogP contribution in [-0.2, 0) is 4.79 Å². The first-order chi connectivity index (χ1) is 15.9. The normalized spacial score (nSPS) is 16.8. The van der Waals surface area contributed by atoms with E-state index in [4.69, 9.17) is 10.1 Å². The van der Waals surface area contributed by atoms with Crippen molar-refractivity contribution in [2.75, 3.05) is 7.11 Å². The minimum atomic E-state index is -0.396. The summed E-state index contributed by atoms with van der Waals surface area (Å²) in [6.45, 7) is 6.21. The van der Waals surface area contributed by atoms with Gasteiger partial charge in [-0.2, -0.15) is 15.1 Å². The number of amidine groups is 2. The second-order valence-electron chi connectivity index (χ2n) is 8.19. The highest BCUT2D eigenvalue weighted by Gasteiger charge is 2.35. The first-order valence-corrected chi connectivity index (χ1v) is 12.1. The summed E-state index contributed by atoms with van der Waals surface area (Å²) in [5, 5.41) is 16.1. The van der Waals surface area contributed by atoms with E-state index < -0.39 is 5.91 Å². The number of rotatable bonds is 8. The van der Waals surface area contributed by atoms with E-state index in [1.807, 2.05) is 44.2 Å². The summed E-state index contributed by atoms with van der Waals surface area (Å²) in [5.41, 5.74) is 4.10. The van der Waals surface area contributed by atoms with Crippen LogP contribution in [0.25, 0.3) is 11.8 Å². The van der Waals surface area contributed by atoms with E-state index in [1.165, 1.54) is 29.6 Å². The highest BCUT2D eigenvalue weighted by Crippen LogP contribution is 2.31.